The van der Waals surface area contributed by atoms with Crippen molar-refractivity contribution in [1.82, 2.24) is 4.98 Å². The molecule has 2 rings (SSSR count). The fourth-order valence-corrected chi connectivity index (χ4v) is 2.33. The summed E-state index contributed by atoms with van der Waals surface area (Å²) in [5.74, 6) is 1.16. The molecule has 1 aliphatic heterocycles. The van der Waals surface area contributed by atoms with Crippen LogP contribution in [-0.4, -0.2) is 31.3 Å². The van der Waals surface area contributed by atoms with E-state index in [4.69, 9.17) is 9.72 Å². The summed E-state index contributed by atoms with van der Waals surface area (Å²) < 4.78 is 5.42. The van der Waals surface area contributed by atoms with E-state index in [9.17, 15) is 0 Å². The van der Waals surface area contributed by atoms with Crippen molar-refractivity contribution in [2.75, 3.05) is 31.2 Å². The summed E-state index contributed by atoms with van der Waals surface area (Å²) in [5, 5.41) is 0. The zero-order chi connectivity index (χ0) is 13.2. The van der Waals surface area contributed by atoms with E-state index >= 15 is 0 Å². The van der Waals surface area contributed by atoms with Gasteiger partial charge in [-0.15, -0.1) is 0 Å². The predicted octanol–water partition coefficient (Wildman–Crippen LogP) is 2.82. The SMILES string of the molecule is Cc1ccc(CC(C)(C)C)c(N2CCOCC2)n1. The number of aromatic nitrogens is 1. The third kappa shape index (κ3) is 3.45. The minimum atomic E-state index is 0.290. The van der Waals surface area contributed by atoms with Crippen LogP contribution in [0.15, 0.2) is 12.1 Å². The number of hydrogen-bond donors (Lipinski definition) is 0. The first-order chi connectivity index (χ1) is 8.46. The van der Waals surface area contributed by atoms with Gasteiger partial charge in [-0.1, -0.05) is 26.8 Å². The van der Waals surface area contributed by atoms with Gasteiger partial charge in [-0.05, 0) is 30.4 Å². The Morgan fingerprint density at radius 1 is 1.22 bits per heavy atom. The molecule has 0 amide bonds. The van der Waals surface area contributed by atoms with Crippen LogP contribution >= 0.6 is 0 Å². The summed E-state index contributed by atoms with van der Waals surface area (Å²) in [6.07, 6.45) is 1.06. The topological polar surface area (TPSA) is 25.4 Å². The first-order valence-electron chi connectivity index (χ1n) is 6.75. The summed E-state index contributed by atoms with van der Waals surface area (Å²) in [6.45, 7) is 12.4. The van der Waals surface area contributed by atoms with Gasteiger partial charge in [0.2, 0.25) is 0 Å². The molecule has 1 aromatic heterocycles. The van der Waals surface area contributed by atoms with E-state index in [2.05, 4.69) is 44.7 Å². The Morgan fingerprint density at radius 2 is 1.89 bits per heavy atom. The molecule has 0 spiro atoms. The molecule has 0 bridgehead atoms. The molecule has 3 heteroatoms. The molecule has 1 saturated heterocycles. The summed E-state index contributed by atoms with van der Waals surface area (Å²) in [4.78, 5) is 7.11. The highest BCUT2D eigenvalue weighted by Crippen LogP contribution is 2.27. The number of hydrogen-bond acceptors (Lipinski definition) is 3. The molecule has 18 heavy (non-hydrogen) atoms. The van der Waals surface area contributed by atoms with Crippen molar-refractivity contribution in [2.45, 2.75) is 34.1 Å². The molecule has 3 nitrogen and oxygen atoms in total. The fourth-order valence-electron chi connectivity index (χ4n) is 2.33. The molecule has 1 aliphatic rings. The number of ether oxygens (including phenoxy) is 1. The molecule has 0 N–H and O–H groups in total. The Kier molecular flexibility index (Phi) is 3.91. The summed E-state index contributed by atoms with van der Waals surface area (Å²) in [7, 11) is 0. The van der Waals surface area contributed by atoms with Gasteiger partial charge >= 0.3 is 0 Å². The lowest BCUT2D eigenvalue weighted by molar-refractivity contribution is 0.122. The van der Waals surface area contributed by atoms with Crippen molar-refractivity contribution >= 4 is 5.82 Å². The van der Waals surface area contributed by atoms with Crippen LogP contribution in [0, 0.1) is 12.3 Å². The summed E-state index contributed by atoms with van der Waals surface area (Å²) in [6, 6.07) is 4.35. The van der Waals surface area contributed by atoms with Gasteiger partial charge < -0.3 is 9.64 Å². The molecule has 0 saturated carbocycles. The van der Waals surface area contributed by atoms with E-state index in [1.807, 2.05) is 0 Å². The smallest absolute Gasteiger partial charge is 0.132 e. The average molecular weight is 248 g/mol. The van der Waals surface area contributed by atoms with Gasteiger partial charge in [-0.2, -0.15) is 0 Å². The molecule has 0 aromatic carbocycles. The lowest BCUT2D eigenvalue weighted by Crippen LogP contribution is -2.37. The Morgan fingerprint density at radius 3 is 2.50 bits per heavy atom. The van der Waals surface area contributed by atoms with E-state index in [0.29, 0.717) is 0 Å². The van der Waals surface area contributed by atoms with Crippen molar-refractivity contribution in [3.63, 3.8) is 0 Å². The minimum Gasteiger partial charge on any atom is -0.378 e. The fraction of sp³-hybridized carbons (Fsp3) is 0.667. The first kappa shape index (κ1) is 13.3. The lowest BCUT2D eigenvalue weighted by Gasteiger charge is -2.31. The third-order valence-corrected chi connectivity index (χ3v) is 3.13. The van der Waals surface area contributed by atoms with E-state index < -0.39 is 0 Å². The van der Waals surface area contributed by atoms with Gasteiger partial charge in [0.25, 0.3) is 0 Å². The van der Waals surface area contributed by atoms with E-state index in [1.54, 1.807) is 0 Å². The number of anilines is 1. The number of nitrogens with zero attached hydrogens (tertiary/aromatic N) is 2. The van der Waals surface area contributed by atoms with Crippen LogP contribution in [0.25, 0.3) is 0 Å². The van der Waals surface area contributed by atoms with Gasteiger partial charge in [0.15, 0.2) is 0 Å². The zero-order valence-electron chi connectivity index (χ0n) is 12.0. The highest BCUT2D eigenvalue weighted by atomic mass is 16.5. The Hall–Kier alpha value is -1.09. The molecule has 0 aliphatic carbocycles. The maximum atomic E-state index is 5.42. The predicted molar refractivity (Wildman–Crippen MR) is 75.2 cm³/mol. The summed E-state index contributed by atoms with van der Waals surface area (Å²) >= 11 is 0. The molecule has 2 heterocycles. The number of aryl methyl sites for hydroxylation is 1. The van der Waals surface area contributed by atoms with E-state index in [1.165, 1.54) is 5.56 Å². The minimum absolute atomic E-state index is 0.290. The summed E-state index contributed by atoms with van der Waals surface area (Å²) in [5.41, 5.74) is 2.74. The van der Waals surface area contributed by atoms with Crippen LogP contribution in [0.5, 0.6) is 0 Å². The number of rotatable bonds is 2. The van der Waals surface area contributed by atoms with Crippen LogP contribution in [-0.2, 0) is 11.2 Å². The molecule has 100 valence electrons. The normalized spacial score (nSPS) is 17.0. The molecular formula is C15H24N2O. The quantitative estimate of drug-likeness (QED) is 0.804. The molecule has 0 atom stereocenters. The zero-order valence-corrected chi connectivity index (χ0v) is 12.0. The molecule has 1 fully saturated rings. The van der Waals surface area contributed by atoms with Gasteiger partial charge in [0, 0.05) is 18.8 Å². The maximum absolute atomic E-state index is 5.42. The van der Waals surface area contributed by atoms with Crippen molar-refractivity contribution in [1.29, 1.82) is 0 Å². The second-order valence-electron chi connectivity index (χ2n) is 6.27. The van der Waals surface area contributed by atoms with Crippen LogP contribution in [0.2, 0.25) is 0 Å². The average Bonchev–Trinajstić information content (AvgIpc) is 2.31. The van der Waals surface area contributed by atoms with Gasteiger partial charge in [-0.25, -0.2) is 4.98 Å². The van der Waals surface area contributed by atoms with Gasteiger partial charge in [-0.3, -0.25) is 0 Å². The maximum Gasteiger partial charge on any atom is 0.132 e. The molecule has 0 unspecified atom stereocenters. The van der Waals surface area contributed by atoms with E-state index in [-0.39, 0.29) is 5.41 Å². The standard InChI is InChI=1S/C15H24N2O/c1-12-5-6-13(11-15(2,3)4)14(16-12)17-7-9-18-10-8-17/h5-6H,7-11H2,1-4H3. The van der Waals surface area contributed by atoms with Gasteiger partial charge in [0.1, 0.15) is 5.82 Å². The van der Waals surface area contributed by atoms with E-state index in [0.717, 1.165) is 44.2 Å². The highest BCUT2D eigenvalue weighted by molar-refractivity contribution is 5.48. The van der Waals surface area contributed by atoms with Gasteiger partial charge in [0.05, 0.1) is 13.2 Å². The number of pyridine rings is 1. The third-order valence-electron chi connectivity index (χ3n) is 3.13. The molecule has 0 radical (unpaired) electrons. The van der Waals surface area contributed by atoms with Crippen LogP contribution < -0.4 is 4.90 Å². The largest absolute Gasteiger partial charge is 0.378 e. The van der Waals surface area contributed by atoms with Crippen LogP contribution in [0.3, 0.4) is 0 Å². The van der Waals surface area contributed by atoms with Crippen molar-refractivity contribution in [3.8, 4) is 0 Å². The van der Waals surface area contributed by atoms with Crippen molar-refractivity contribution < 1.29 is 4.74 Å². The first-order valence-corrected chi connectivity index (χ1v) is 6.75. The monoisotopic (exact) mass is 248 g/mol. The molecular weight excluding hydrogens is 224 g/mol. The van der Waals surface area contributed by atoms with Crippen molar-refractivity contribution in [3.05, 3.63) is 23.4 Å². The second kappa shape index (κ2) is 5.27. The Bertz CT molecular complexity index is 403. The van der Waals surface area contributed by atoms with Crippen LogP contribution in [0.1, 0.15) is 32.0 Å². The lowest BCUT2D eigenvalue weighted by atomic mass is 9.88. The second-order valence-corrected chi connectivity index (χ2v) is 6.27. The Balaban J connectivity index is 2.28. The Labute approximate surface area is 110 Å². The highest BCUT2D eigenvalue weighted by Gasteiger charge is 2.20. The van der Waals surface area contributed by atoms with Crippen molar-refractivity contribution in [2.24, 2.45) is 5.41 Å². The number of morpholine rings is 1. The van der Waals surface area contributed by atoms with Crippen LogP contribution in [0.4, 0.5) is 5.82 Å². The molecule has 1 aromatic rings.